The van der Waals surface area contributed by atoms with Crippen LogP contribution in [0.4, 0.5) is 0 Å². The minimum Gasteiger partial charge on any atom is -0.491 e. The van der Waals surface area contributed by atoms with Crippen molar-refractivity contribution in [3.63, 3.8) is 0 Å². The molecule has 17 heavy (non-hydrogen) atoms. The topological polar surface area (TPSA) is 21.3 Å². The molecule has 0 unspecified atom stereocenters. The minimum absolute atomic E-state index is 0.146. The monoisotopic (exact) mass is 275 g/mol. The molecule has 1 aromatic carbocycles. The van der Waals surface area contributed by atoms with Gasteiger partial charge < -0.3 is 10.1 Å². The van der Waals surface area contributed by atoms with Crippen LogP contribution in [0.5, 0.6) is 5.75 Å². The fourth-order valence-corrected chi connectivity index (χ4v) is 1.73. The van der Waals surface area contributed by atoms with E-state index in [0.29, 0.717) is 22.4 Å². The number of nitrogens with one attached hydrogen (secondary N) is 1. The van der Waals surface area contributed by atoms with E-state index < -0.39 is 0 Å². The quantitative estimate of drug-likeness (QED) is 0.788. The van der Waals surface area contributed by atoms with Gasteiger partial charge in [0.25, 0.3) is 0 Å². The average molecular weight is 276 g/mol. The van der Waals surface area contributed by atoms with Crippen molar-refractivity contribution in [1.29, 1.82) is 0 Å². The highest BCUT2D eigenvalue weighted by molar-refractivity contribution is 6.35. The molecule has 1 N–H and O–H groups in total. The lowest BCUT2D eigenvalue weighted by atomic mass is 10.0. The Hall–Kier alpha value is -0.440. The molecule has 0 atom stereocenters. The molecule has 0 aliphatic heterocycles. The van der Waals surface area contributed by atoms with E-state index in [9.17, 15) is 0 Å². The first-order valence-electron chi connectivity index (χ1n) is 5.77. The summed E-state index contributed by atoms with van der Waals surface area (Å²) in [5.74, 6) is 0.673. The summed E-state index contributed by atoms with van der Waals surface area (Å²) in [6.07, 6.45) is 1.08. The molecule has 0 aliphatic rings. The van der Waals surface area contributed by atoms with Crippen molar-refractivity contribution in [2.45, 2.75) is 32.7 Å². The highest BCUT2D eigenvalue weighted by Gasteiger charge is 2.12. The summed E-state index contributed by atoms with van der Waals surface area (Å²) < 4.78 is 5.58. The van der Waals surface area contributed by atoms with Crippen molar-refractivity contribution in [2.75, 3.05) is 13.2 Å². The van der Waals surface area contributed by atoms with E-state index in [4.69, 9.17) is 27.9 Å². The van der Waals surface area contributed by atoms with E-state index >= 15 is 0 Å². The van der Waals surface area contributed by atoms with Gasteiger partial charge in [0, 0.05) is 17.1 Å². The highest BCUT2D eigenvalue weighted by atomic mass is 35.5. The number of hydrogen-bond donors (Lipinski definition) is 1. The molecule has 0 spiro atoms. The van der Waals surface area contributed by atoms with Crippen molar-refractivity contribution in [3.05, 3.63) is 28.2 Å². The molecule has 0 fully saturated rings. The summed E-state index contributed by atoms with van der Waals surface area (Å²) in [7, 11) is 0. The Bertz CT molecular complexity index is 366. The second-order valence-corrected chi connectivity index (χ2v) is 5.43. The van der Waals surface area contributed by atoms with Gasteiger partial charge in [-0.25, -0.2) is 0 Å². The summed E-state index contributed by atoms with van der Waals surface area (Å²) in [6, 6.07) is 5.24. The predicted octanol–water partition coefficient (Wildman–Crippen LogP) is 4.15. The summed E-state index contributed by atoms with van der Waals surface area (Å²) >= 11 is 11.8. The number of benzene rings is 1. The van der Waals surface area contributed by atoms with Crippen molar-refractivity contribution in [3.8, 4) is 5.75 Å². The van der Waals surface area contributed by atoms with Gasteiger partial charge in [0.1, 0.15) is 12.4 Å². The Morgan fingerprint density at radius 3 is 2.59 bits per heavy atom. The first kappa shape index (κ1) is 14.6. The van der Waals surface area contributed by atoms with Crippen LogP contribution in [0.2, 0.25) is 10.0 Å². The van der Waals surface area contributed by atoms with Gasteiger partial charge in [-0.1, -0.05) is 30.1 Å². The van der Waals surface area contributed by atoms with Crippen LogP contribution in [0.25, 0.3) is 0 Å². The van der Waals surface area contributed by atoms with Gasteiger partial charge in [0.15, 0.2) is 0 Å². The molecule has 0 aromatic heterocycles. The standard InChI is InChI=1S/C13H19Cl2NO/c1-4-13(2,3)16-7-8-17-12-6-5-10(14)9-11(12)15/h5-6,9,16H,4,7-8H2,1-3H3. The molecule has 0 heterocycles. The van der Waals surface area contributed by atoms with E-state index in [1.54, 1.807) is 18.2 Å². The van der Waals surface area contributed by atoms with Gasteiger partial charge in [-0.15, -0.1) is 0 Å². The van der Waals surface area contributed by atoms with Gasteiger partial charge >= 0.3 is 0 Å². The molecule has 96 valence electrons. The predicted molar refractivity (Wildman–Crippen MR) is 74.3 cm³/mol. The van der Waals surface area contributed by atoms with Crippen LogP contribution < -0.4 is 10.1 Å². The van der Waals surface area contributed by atoms with E-state index in [2.05, 4.69) is 26.1 Å². The van der Waals surface area contributed by atoms with Crippen LogP contribution in [0, 0.1) is 0 Å². The smallest absolute Gasteiger partial charge is 0.138 e. The first-order chi connectivity index (χ1) is 7.94. The SMILES string of the molecule is CCC(C)(C)NCCOc1ccc(Cl)cc1Cl. The fraction of sp³-hybridized carbons (Fsp3) is 0.538. The van der Waals surface area contributed by atoms with Crippen LogP contribution in [-0.2, 0) is 0 Å². The van der Waals surface area contributed by atoms with E-state index in [1.807, 2.05) is 0 Å². The van der Waals surface area contributed by atoms with E-state index in [0.717, 1.165) is 13.0 Å². The van der Waals surface area contributed by atoms with E-state index in [-0.39, 0.29) is 5.54 Å². The molecule has 0 saturated carbocycles. The average Bonchev–Trinajstić information content (AvgIpc) is 2.27. The molecule has 0 radical (unpaired) electrons. The normalized spacial score (nSPS) is 11.6. The third kappa shape index (κ3) is 5.15. The lowest BCUT2D eigenvalue weighted by molar-refractivity contribution is 0.281. The Kier molecular flexibility index (Phi) is 5.57. The Balaban J connectivity index is 2.36. The zero-order valence-electron chi connectivity index (χ0n) is 10.5. The van der Waals surface area contributed by atoms with E-state index in [1.165, 1.54) is 0 Å². The number of hydrogen-bond acceptors (Lipinski definition) is 2. The fourth-order valence-electron chi connectivity index (χ4n) is 1.27. The Labute approximate surface area is 113 Å². The Morgan fingerprint density at radius 2 is 2.00 bits per heavy atom. The number of ether oxygens (including phenoxy) is 1. The van der Waals surface area contributed by atoms with Crippen molar-refractivity contribution in [1.82, 2.24) is 5.32 Å². The van der Waals surface area contributed by atoms with Crippen LogP contribution in [0.1, 0.15) is 27.2 Å². The molecule has 0 bridgehead atoms. The van der Waals surface area contributed by atoms with Crippen LogP contribution >= 0.6 is 23.2 Å². The molecular weight excluding hydrogens is 257 g/mol. The molecule has 4 heteroatoms. The number of halogens is 2. The van der Waals surface area contributed by atoms with Gasteiger partial charge in [-0.3, -0.25) is 0 Å². The first-order valence-corrected chi connectivity index (χ1v) is 6.53. The minimum atomic E-state index is 0.146. The summed E-state index contributed by atoms with van der Waals surface area (Å²) in [4.78, 5) is 0. The summed E-state index contributed by atoms with van der Waals surface area (Å²) in [6.45, 7) is 7.87. The van der Waals surface area contributed by atoms with Crippen molar-refractivity contribution in [2.24, 2.45) is 0 Å². The van der Waals surface area contributed by atoms with Gasteiger partial charge in [0.2, 0.25) is 0 Å². The second kappa shape index (κ2) is 6.48. The van der Waals surface area contributed by atoms with Gasteiger partial charge in [-0.2, -0.15) is 0 Å². The van der Waals surface area contributed by atoms with Gasteiger partial charge in [-0.05, 0) is 38.5 Å². The zero-order valence-corrected chi connectivity index (χ0v) is 12.0. The van der Waals surface area contributed by atoms with Gasteiger partial charge in [0.05, 0.1) is 5.02 Å². The van der Waals surface area contributed by atoms with Crippen molar-refractivity contribution >= 4 is 23.2 Å². The molecule has 0 aliphatic carbocycles. The third-order valence-electron chi connectivity index (χ3n) is 2.74. The Morgan fingerprint density at radius 1 is 1.29 bits per heavy atom. The maximum absolute atomic E-state index is 6.00. The van der Waals surface area contributed by atoms with Crippen LogP contribution in [0.3, 0.4) is 0 Å². The highest BCUT2D eigenvalue weighted by Crippen LogP contribution is 2.27. The molecule has 2 nitrogen and oxygen atoms in total. The largest absolute Gasteiger partial charge is 0.491 e. The maximum Gasteiger partial charge on any atom is 0.138 e. The summed E-state index contributed by atoms with van der Waals surface area (Å²) in [5.41, 5.74) is 0.146. The number of rotatable bonds is 6. The van der Waals surface area contributed by atoms with Crippen molar-refractivity contribution < 1.29 is 4.74 Å². The van der Waals surface area contributed by atoms with Crippen LogP contribution in [0.15, 0.2) is 18.2 Å². The lowest BCUT2D eigenvalue weighted by Gasteiger charge is -2.24. The molecule has 0 saturated heterocycles. The maximum atomic E-state index is 6.00. The summed E-state index contributed by atoms with van der Waals surface area (Å²) in [5, 5.41) is 4.58. The third-order valence-corrected chi connectivity index (χ3v) is 3.27. The molecule has 1 aromatic rings. The van der Waals surface area contributed by atoms with Crippen LogP contribution in [-0.4, -0.2) is 18.7 Å². The zero-order chi connectivity index (χ0) is 12.9. The molecule has 0 amide bonds. The molecular formula is C13H19Cl2NO. The lowest BCUT2D eigenvalue weighted by Crippen LogP contribution is -2.40. The molecule has 1 rings (SSSR count). The second-order valence-electron chi connectivity index (χ2n) is 4.59.